The molecule has 0 saturated carbocycles. The third-order valence-electron chi connectivity index (χ3n) is 7.18. The maximum Gasteiger partial charge on any atom is 0.262 e. The Morgan fingerprint density at radius 2 is 1.85 bits per heavy atom. The molecule has 5 rings (SSSR count). The Balaban J connectivity index is 1.18. The minimum absolute atomic E-state index is 0.146. The fourth-order valence-corrected chi connectivity index (χ4v) is 6.33. The van der Waals surface area contributed by atoms with E-state index in [0.29, 0.717) is 48.5 Å². The minimum Gasteiger partial charge on any atom is -0.490 e. The molecule has 3 aliphatic rings. The summed E-state index contributed by atoms with van der Waals surface area (Å²) in [5, 5.41) is 0.651. The van der Waals surface area contributed by atoms with Gasteiger partial charge in [0.2, 0.25) is 0 Å². The third-order valence-corrected chi connectivity index (χ3v) is 8.37. The highest BCUT2D eigenvalue weighted by Gasteiger charge is 2.34. The SMILES string of the molecule is CC(C)N(c1cc2c(c(OCCCN3CCN(c4cc(Cl)cc5c4OCCO5)CC3)c1)OC(C)(C)C2)S(=O)O. The molecule has 1 atom stereocenters. The van der Waals surface area contributed by atoms with Gasteiger partial charge in [-0.15, -0.1) is 0 Å². The zero-order valence-corrected chi connectivity index (χ0v) is 24.6. The number of hydrogen-bond donors (Lipinski definition) is 1. The molecule has 0 bridgehead atoms. The van der Waals surface area contributed by atoms with E-state index in [0.717, 1.165) is 61.9 Å². The van der Waals surface area contributed by atoms with Crippen LogP contribution in [0.2, 0.25) is 5.02 Å². The zero-order chi connectivity index (χ0) is 27.7. The summed E-state index contributed by atoms with van der Waals surface area (Å²) in [4.78, 5) is 4.75. The van der Waals surface area contributed by atoms with Crippen LogP contribution in [-0.4, -0.2) is 77.8 Å². The molecule has 2 aromatic carbocycles. The molecule has 0 aliphatic carbocycles. The Morgan fingerprint density at radius 1 is 1.10 bits per heavy atom. The van der Waals surface area contributed by atoms with E-state index in [1.165, 1.54) is 4.31 Å². The summed E-state index contributed by atoms with van der Waals surface area (Å²) >= 11 is 4.21. The molecule has 0 aromatic heterocycles. The molecule has 1 N–H and O–H groups in total. The lowest BCUT2D eigenvalue weighted by Crippen LogP contribution is -2.47. The standard InChI is InChI=1S/C28H38ClN3O6S/c1-19(2)32(39(33)34)22-14-20-18-28(3,4)38-26(20)25(17-22)35-11-5-6-30-7-9-31(10-8-30)23-15-21(29)16-24-27(23)37-13-12-36-24/h14-17,19H,5-13,18H2,1-4H3,(H,33,34). The average Bonchev–Trinajstić information content (AvgIpc) is 3.20. The number of ether oxygens (including phenoxy) is 4. The summed E-state index contributed by atoms with van der Waals surface area (Å²) in [6.45, 7) is 14.0. The molecule has 3 aliphatic heterocycles. The summed E-state index contributed by atoms with van der Waals surface area (Å²) < 4.78 is 47.5. The first-order valence-corrected chi connectivity index (χ1v) is 15.0. The van der Waals surface area contributed by atoms with E-state index in [-0.39, 0.29) is 11.6 Å². The van der Waals surface area contributed by atoms with Gasteiger partial charge in [0.15, 0.2) is 23.0 Å². The van der Waals surface area contributed by atoms with Gasteiger partial charge >= 0.3 is 0 Å². The highest BCUT2D eigenvalue weighted by atomic mass is 35.5. The quantitative estimate of drug-likeness (QED) is 0.336. The molecular formula is C28H38ClN3O6S. The van der Waals surface area contributed by atoms with Gasteiger partial charge in [0.05, 0.1) is 18.0 Å². The van der Waals surface area contributed by atoms with E-state index in [4.69, 9.17) is 30.5 Å². The van der Waals surface area contributed by atoms with E-state index in [1.54, 1.807) is 0 Å². The van der Waals surface area contributed by atoms with Crippen LogP contribution in [-0.2, 0) is 17.7 Å². The van der Waals surface area contributed by atoms with Gasteiger partial charge in [-0.2, -0.15) is 0 Å². The predicted molar refractivity (Wildman–Crippen MR) is 154 cm³/mol. The normalized spacial score (nSPS) is 19.0. The van der Waals surface area contributed by atoms with Crippen molar-refractivity contribution in [3.05, 3.63) is 34.9 Å². The van der Waals surface area contributed by atoms with Crippen LogP contribution in [0.15, 0.2) is 24.3 Å². The lowest BCUT2D eigenvalue weighted by Gasteiger charge is -2.37. The van der Waals surface area contributed by atoms with Gasteiger partial charge < -0.3 is 23.8 Å². The van der Waals surface area contributed by atoms with Gasteiger partial charge in [-0.1, -0.05) is 11.6 Å². The molecule has 0 spiro atoms. The van der Waals surface area contributed by atoms with Gasteiger partial charge in [-0.25, -0.2) is 4.21 Å². The largest absolute Gasteiger partial charge is 0.490 e. The molecule has 1 fully saturated rings. The van der Waals surface area contributed by atoms with Gasteiger partial charge in [0.25, 0.3) is 11.3 Å². The molecule has 39 heavy (non-hydrogen) atoms. The molecule has 1 unspecified atom stereocenters. The second kappa shape index (κ2) is 11.6. The fourth-order valence-electron chi connectivity index (χ4n) is 5.49. The maximum absolute atomic E-state index is 12.1. The number of anilines is 2. The lowest BCUT2D eigenvalue weighted by atomic mass is 10.0. The van der Waals surface area contributed by atoms with E-state index in [9.17, 15) is 8.76 Å². The van der Waals surface area contributed by atoms with Crippen LogP contribution in [0.3, 0.4) is 0 Å². The maximum atomic E-state index is 12.1. The number of rotatable bonds is 9. The van der Waals surface area contributed by atoms with Crippen molar-refractivity contribution in [2.24, 2.45) is 0 Å². The number of hydrogen-bond acceptors (Lipinski definition) is 7. The molecular weight excluding hydrogens is 542 g/mol. The molecule has 2 aromatic rings. The van der Waals surface area contributed by atoms with Crippen LogP contribution in [0.1, 0.15) is 39.7 Å². The molecule has 214 valence electrons. The first kappa shape index (κ1) is 28.1. The Kier molecular flexibility index (Phi) is 8.37. The molecule has 0 radical (unpaired) electrons. The molecule has 11 heteroatoms. The Hall–Kier alpha value is -2.40. The summed E-state index contributed by atoms with van der Waals surface area (Å²) in [6.07, 6.45) is 1.57. The minimum atomic E-state index is -2.13. The highest BCUT2D eigenvalue weighted by Crippen LogP contribution is 2.45. The van der Waals surface area contributed by atoms with Crippen LogP contribution in [0.5, 0.6) is 23.0 Å². The van der Waals surface area contributed by atoms with Crippen LogP contribution in [0, 0.1) is 0 Å². The van der Waals surface area contributed by atoms with Gasteiger partial charge in [0.1, 0.15) is 18.8 Å². The van der Waals surface area contributed by atoms with Crippen LogP contribution in [0.25, 0.3) is 0 Å². The van der Waals surface area contributed by atoms with Gasteiger partial charge in [-0.05, 0) is 46.2 Å². The van der Waals surface area contributed by atoms with Crippen molar-refractivity contribution >= 4 is 34.2 Å². The van der Waals surface area contributed by atoms with Crippen molar-refractivity contribution in [1.82, 2.24) is 4.90 Å². The van der Waals surface area contributed by atoms with Crippen molar-refractivity contribution in [2.45, 2.75) is 52.2 Å². The Labute approximate surface area is 238 Å². The van der Waals surface area contributed by atoms with Crippen molar-refractivity contribution in [1.29, 1.82) is 0 Å². The smallest absolute Gasteiger partial charge is 0.262 e. The van der Waals surface area contributed by atoms with Gasteiger partial charge in [0, 0.05) is 67.9 Å². The van der Waals surface area contributed by atoms with Crippen LogP contribution < -0.4 is 28.2 Å². The van der Waals surface area contributed by atoms with E-state index >= 15 is 0 Å². The van der Waals surface area contributed by atoms with Crippen LogP contribution >= 0.6 is 11.6 Å². The average molecular weight is 580 g/mol. The monoisotopic (exact) mass is 579 g/mol. The fraction of sp³-hybridized carbons (Fsp3) is 0.571. The lowest BCUT2D eigenvalue weighted by molar-refractivity contribution is 0.131. The summed E-state index contributed by atoms with van der Waals surface area (Å²) in [6, 6.07) is 7.40. The second-order valence-corrected chi connectivity index (χ2v) is 12.4. The number of halogens is 1. The Bertz CT molecular complexity index is 1220. The topological polar surface area (TPSA) is 83.9 Å². The first-order chi connectivity index (χ1) is 18.6. The second-order valence-electron chi connectivity index (χ2n) is 11.1. The molecule has 0 amide bonds. The van der Waals surface area contributed by atoms with E-state index in [1.807, 2.05) is 52.0 Å². The molecule has 9 nitrogen and oxygen atoms in total. The number of piperazine rings is 1. The number of nitrogens with zero attached hydrogens (tertiary/aromatic N) is 3. The van der Waals surface area contributed by atoms with Crippen molar-refractivity contribution < 1.29 is 27.7 Å². The summed E-state index contributed by atoms with van der Waals surface area (Å²) in [7, 11) is 0. The third kappa shape index (κ3) is 6.34. The summed E-state index contributed by atoms with van der Waals surface area (Å²) in [5.74, 6) is 2.87. The Morgan fingerprint density at radius 3 is 2.56 bits per heavy atom. The van der Waals surface area contributed by atoms with E-state index in [2.05, 4.69) is 9.80 Å². The molecule has 1 saturated heterocycles. The van der Waals surface area contributed by atoms with Gasteiger partial charge in [-0.3, -0.25) is 13.8 Å². The van der Waals surface area contributed by atoms with Crippen molar-refractivity contribution in [3.63, 3.8) is 0 Å². The van der Waals surface area contributed by atoms with Crippen molar-refractivity contribution in [2.75, 3.05) is 61.7 Å². The zero-order valence-electron chi connectivity index (χ0n) is 23.1. The first-order valence-electron chi connectivity index (χ1n) is 13.6. The molecule has 3 heterocycles. The summed E-state index contributed by atoms with van der Waals surface area (Å²) in [5.41, 5.74) is 2.31. The highest BCUT2D eigenvalue weighted by molar-refractivity contribution is 7.80. The predicted octanol–water partition coefficient (Wildman–Crippen LogP) is 4.77. The van der Waals surface area contributed by atoms with Crippen LogP contribution in [0.4, 0.5) is 11.4 Å². The number of fused-ring (bicyclic) bond motifs is 2. The van der Waals surface area contributed by atoms with E-state index < -0.39 is 11.3 Å². The number of benzene rings is 2. The van der Waals surface area contributed by atoms with Crippen molar-refractivity contribution in [3.8, 4) is 23.0 Å².